The van der Waals surface area contributed by atoms with Gasteiger partial charge in [-0.25, -0.2) is 4.98 Å². The summed E-state index contributed by atoms with van der Waals surface area (Å²) in [5, 5.41) is 3.37. The molecular weight excluding hydrogens is 162 g/mol. The highest BCUT2D eigenvalue weighted by molar-refractivity contribution is 5.67. The number of nitrogens with one attached hydrogen (secondary N) is 1. The summed E-state index contributed by atoms with van der Waals surface area (Å²) >= 11 is 0. The highest BCUT2D eigenvalue weighted by atomic mass is 15.0. The summed E-state index contributed by atoms with van der Waals surface area (Å²) in [5.41, 5.74) is 3.96. The van der Waals surface area contributed by atoms with E-state index in [9.17, 15) is 0 Å². The smallest absolute Gasteiger partial charge is 0.0951 e. The molecule has 0 saturated carbocycles. The van der Waals surface area contributed by atoms with Gasteiger partial charge in [0.15, 0.2) is 0 Å². The number of imidazole rings is 1. The minimum atomic E-state index is 0.961. The fraction of sp³-hybridized carbons (Fsp3) is 0.500. The molecule has 1 aromatic rings. The Hall–Kier alpha value is -1.09. The third-order valence-corrected chi connectivity index (χ3v) is 2.51. The van der Waals surface area contributed by atoms with Gasteiger partial charge in [-0.3, -0.25) is 0 Å². The average Bonchev–Trinajstić information content (AvgIpc) is 2.53. The van der Waals surface area contributed by atoms with Gasteiger partial charge in [-0.1, -0.05) is 5.57 Å². The van der Waals surface area contributed by atoms with Gasteiger partial charge >= 0.3 is 0 Å². The number of hydrogen-bond acceptors (Lipinski definition) is 2. The first kappa shape index (κ1) is 8.51. The normalized spacial score (nSPS) is 18.0. The van der Waals surface area contributed by atoms with Crippen LogP contribution in [0.25, 0.3) is 5.57 Å². The largest absolute Gasteiger partial charge is 0.340 e. The van der Waals surface area contributed by atoms with Crippen molar-refractivity contribution in [1.29, 1.82) is 0 Å². The molecule has 0 aliphatic carbocycles. The zero-order valence-electron chi connectivity index (χ0n) is 8.17. The van der Waals surface area contributed by atoms with Crippen LogP contribution in [0.15, 0.2) is 18.1 Å². The van der Waals surface area contributed by atoms with E-state index in [0.29, 0.717) is 0 Å². The maximum Gasteiger partial charge on any atom is 0.0951 e. The number of aryl methyl sites for hydroxylation is 1. The van der Waals surface area contributed by atoms with Crippen LogP contribution >= 0.6 is 0 Å². The van der Waals surface area contributed by atoms with Crippen LogP contribution in [0.3, 0.4) is 0 Å². The van der Waals surface area contributed by atoms with E-state index in [4.69, 9.17) is 0 Å². The second kappa shape index (κ2) is 3.34. The zero-order chi connectivity index (χ0) is 9.26. The molecule has 0 spiro atoms. The van der Waals surface area contributed by atoms with E-state index in [1.165, 1.54) is 11.1 Å². The second-order valence-electron chi connectivity index (χ2n) is 3.61. The van der Waals surface area contributed by atoms with Gasteiger partial charge < -0.3 is 9.88 Å². The SMILES string of the molecule is CC1=C(c2cn(C)cn2)CNCC1. The Labute approximate surface area is 78.5 Å². The van der Waals surface area contributed by atoms with E-state index < -0.39 is 0 Å². The molecule has 0 atom stereocenters. The molecule has 0 unspecified atom stereocenters. The van der Waals surface area contributed by atoms with Crippen LogP contribution in [0.2, 0.25) is 0 Å². The predicted molar refractivity (Wildman–Crippen MR) is 53.3 cm³/mol. The van der Waals surface area contributed by atoms with Gasteiger partial charge in [0.2, 0.25) is 0 Å². The summed E-state index contributed by atoms with van der Waals surface area (Å²) < 4.78 is 1.99. The molecule has 0 aromatic carbocycles. The molecule has 2 heterocycles. The summed E-state index contributed by atoms with van der Waals surface area (Å²) in [7, 11) is 2.00. The molecule has 1 N–H and O–H groups in total. The molecule has 1 aliphatic heterocycles. The van der Waals surface area contributed by atoms with Crippen molar-refractivity contribution in [3.63, 3.8) is 0 Å². The van der Waals surface area contributed by atoms with Crippen molar-refractivity contribution in [2.24, 2.45) is 7.05 Å². The van der Waals surface area contributed by atoms with Gasteiger partial charge in [-0.2, -0.15) is 0 Å². The molecule has 0 amide bonds. The molecule has 3 heteroatoms. The maximum absolute atomic E-state index is 4.35. The molecule has 0 bridgehead atoms. The third-order valence-electron chi connectivity index (χ3n) is 2.51. The average molecular weight is 177 g/mol. The first-order valence-corrected chi connectivity index (χ1v) is 4.65. The zero-order valence-corrected chi connectivity index (χ0v) is 8.17. The number of aromatic nitrogens is 2. The van der Waals surface area contributed by atoms with Crippen LogP contribution in [0.4, 0.5) is 0 Å². The Morgan fingerprint density at radius 1 is 1.54 bits per heavy atom. The molecule has 1 aromatic heterocycles. The monoisotopic (exact) mass is 177 g/mol. The topological polar surface area (TPSA) is 29.9 Å². The van der Waals surface area contributed by atoms with Crippen molar-refractivity contribution in [2.75, 3.05) is 13.1 Å². The summed E-state index contributed by atoms with van der Waals surface area (Å²) in [6.07, 6.45) is 5.07. The van der Waals surface area contributed by atoms with Crippen molar-refractivity contribution < 1.29 is 0 Å². The summed E-state index contributed by atoms with van der Waals surface area (Å²) in [6.45, 7) is 4.26. The fourth-order valence-electron chi connectivity index (χ4n) is 1.67. The molecule has 0 fully saturated rings. The lowest BCUT2D eigenvalue weighted by Crippen LogP contribution is -2.23. The van der Waals surface area contributed by atoms with E-state index >= 15 is 0 Å². The highest BCUT2D eigenvalue weighted by Crippen LogP contribution is 2.20. The van der Waals surface area contributed by atoms with Crippen LogP contribution in [-0.4, -0.2) is 22.6 Å². The molecule has 0 saturated heterocycles. The molecule has 0 radical (unpaired) electrons. The van der Waals surface area contributed by atoms with Crippen LogP contribution in [0.1, 0.15) is 19.0 Å². The van der Waals surface area contributed by atoms with Crippen molar-refractivity contribution in [3.05, 3.63) is 23.8 Å². The summed E-state index contributed by atoms with van der Waals surface area (Å²) in [6, 6.07) is 0. The Kier molecular flexibility index (Phi) is 2.19. The van der Waals surface area contributed by atoms with E-state index in [0.717, 1.165) is 25.2 Å². The van der Waals surface area contributed by atoms with Crippen molar-refractivity contribution in [2.45, 2.75) is 13.3 Å². The van der Waals surface area contributed by atoms with Gasteiger partial charge in [0, 0.05) is 19.8 Å². The number of hydrogen-bond donors (Lipinski definition) is 1. The van der Waals surface area contributed by atoms with Crippen LogP contribution < -0.4 is 5.32 Å². The van der Waals surface area contributed by atoms with Gasteiger partial charge in [0.25, 0.3) is 0 Å². The van der Waals surface area contributed by atoms with Crippen LogP contribution in [0.5, 0.6) is 0 Å². The Morgan fingerprint density at radius 2 is 2.38 bits per heavy atom. The van der Waals surface area contributed by atoms with Crippen molar-refractivity contribution in [1.82, 2.24) is 14.9 Å². The second-order valence-corrected chi connectivity index (χ2v) is 3.61. The van der Waals surface area contributed by atoms with E-state index in [2.05, 4.69) is 23.4 Å². The van der Waals surface area contributed by atoms with Crippen molar-refractivity contribution >= 4 is 5.57 Å². The number of nitrogens with zero attached hydrogens (tertiary/aromatic N) is 2. The minimum absolute atomic E-state index is 0.961. The van der Waals surface area contributed by atoms with Crippen molar-refractivity contribution in [3.8, 4) is 0 Å². The Bertz CT molecular complexity index is 336. The van der Waals surface area contributed by atoms with E-state index in [1.54, 1.807) is 0 Å². The summed E-state index contributed by atoms with van der Waals surface area (Å²) in [4.78, 5) is 4.35. The lowest BCUT2D eigenvalue weighted by molar-refractivity contribution is 0.713. The molecule has 13 heavy (non-hydrogen) atoms. The van der Waals surface area contributed by atoms with Crippen LogP contribution in [-0.2, 0) is 7.05 Å². The molecule has 70 valence electrons. The fourth-order valence-corrected chi connectivity index (χ4v) is 1.67. The molecule has 1 aliphatic rings. The first-order valence-electron chi connectivity index (χ1n) is 4.65. The number of rotatable bonds is 1. The van der Waals surface area contributed by atoms with Gasteiger partial charge in [0.1, 0.15) is 0 Å². The standard InChI is InChI=1S/C10H15N3/c1-8-3-4-11-5-9(8)10-6-13(2)7-12-10/h6-7,11H,3-5H2,1-2H3. The molecule has 3 nitrogen and oxygen atoms in total. The Balaban J connectivity index is 2.34. The third kappa shape index (κ3) is 1.65. The summed E-state index contributed by atoms with van der Waals surface area (Å²) in [5.74, 6) is 0. The predicted octanol–water partition coefficient (Wildman–Crippen LogP) is 1.19. The quantitative estimate of drug-likeness (QED) is 0.698. The minimum Gasteiger partial charge on any atom is -0.340 e. The van der Waals surface area contributed by atoms with Gasteiger partial charge in [-0.15, -0.1) is 0 Å². The highest BCUT2D eigenvalue weighted by Gasteiger charge is 2.11. The first-order chi connectivity index (χ1) is 6.27. The van der Waals surface area contributed by atoms with Crippen LogP contribution in [0, 0.1) is 0 Å². The Morgan fingerprint density at radius 3 is 3.00 bits per heavy atom. The van der Waals surface area contributed by atoms with E-state index in [-0.39, 0.29) is 0 Å². The lowest BCUT2D eigenvalue weighted by Gasteiger charge is -2.17. The molecular formula is C10H15N3. The lowest BCUT2D eigenvalue weighted by atomic mass is 10.0. The maximum atomic E-state index is 4.35. The molecule has 2 rings (SSSR count). The van der Waals surface area contributed by atoms with Gasteiger partial charge in [-0.05, 0) is 25.5 Å². The van der Waals surface area contributed by atoms with E-state index in [1.807, 2.05) is 17.9 Å². The van der Waals surface area contributed by atoms with Gasteiger partial charge in [0.05, 0.1) is 12.0 Å².